The lowest BCUT2D eigenvalue weighted by molar-refractivity contribution is -0.127. The molecular formula is C21H31N3O2. The molecule has 0 aromatic heterocycles. The Balaban J connectivity index is 1.43. The third-order valence-corrected chi connectivity index (χ3v) is 6.84. The van der Waals surface area contributed by atoms with E-state index >= 15 is 0 Å². The zero-order valence-corrected chi connectivity index (χ0v) is 15.7. The molecule has 1 amide bonds. The molecule has 2 bridgehead atoms. The van der Waals surface area contributed by atoms with Crippen molar-refractivity contribution in [2.24, 2.45) is 23.5 Å². The van der Waals surface area contributed by atoms with Crippen molar-refractivity contribution in [3.8, 4) is 5.75 Å². The van der Waals surface area contributed by atoms with Gasteiger partial charge in [0.25, 0.3) is 0 Å². The number of amides is 1. The lowest BCUT2D eigenvalue weighted by Gasteiger charge is -2.31. The Morgan fingerprint density at radius 3 is 2.54 bits per heavy atom. The van der Waals surface area contributed by atoms with Crippen LogP contribution in [-0.4, -0.2) is 43.6 Å². The number of carbonyl (C=O) groups is 1. The molecule has 1 saturated heterocycles. The summed E-state index contributed by atoms with van der Waals surface area (Å²) in [4.78, 5) is 15.4. The molecule has 5 nitrogen and oxygen atoms in total. The highest BCUT2D eigenvalue weighted by molar-refractivity contribution is 5.80. The van der Waals surface area contributed by atoms with E-state index in [2.05, 4.69) is 22.3 Å². The van der Waals surface area contributed by atoms with E-state index in [4.69, 9.17) is 10.5 Å². The minimum Gasteiger partial charge on any atom is -0.497 e. The average Bonchev–Trinajstić information content (AvgIpc) is 3.40. The lowest BCUT2D eigenvalue weighted by Crippen LogP contribution is -2.47. The quantitative estimate of drug-likeness (QED) is 0.820. The van der Waals surface area contributed by atoms with Crippen LogP contribution in [0.25, 0.3) is 0 Å². The van der Waals surface area contributed by atoms with Gasteiger partial charge in [0.05, 0.1) is 19.1 Å². The van der Waals surface area contributed by atoms with E-state index in [1.54, 1.807) is 7.11 Å². The fraction of sp³-hybridized carbons (Fsp3) is 0.667. The normalized spacial score (nSPS) is 31.9. The molecule has 5 atom stereocenters. The van der Waals surface area contributed by atoms with Gasteiger partial charge in [0.2, 0.25) is 5.91 Å². The minimum atomic E-state index is 0.0174. The summed E-state index contributed by atoms with van der Waals surface area (Å²) in [5, 5.41) is 3.25. The van der Waals surface area contributed by atoms with Crippen LogP contribution >= 0.6 is 0 Å². The van der Waals surface area contributed by atoms with Crippen molar-refractivity contribution < 1.29 is 9.53 Å². The molecule has 5 heteroatoms. The second kappa shape index (κ2) is 7.57. The number of nitrogens with two attached hydrogens (primary N) is 1. The molecule has 1 heterocycles. The maximum atomic E-state index is 12.9. The van der Waals surface area contributed by atoms with Gasteiger partial charge in [-0.1, -0.05) is 12.1 Å². The molecule has 3 aliphatic rings. The van der Waals surface area contributed by atoms with E-state index in [0.717, 1.165) is 25.3 Å². The Morgan fingerprint density at radius 2 is 1.92 bits per heavy atom. The minimum absolute atomic E-state index is 0.0174. The lowest BCUT2D eigenvalue weighted by atomic mass is 9.84. The Kier molecular flexibility index (Phi) is 5.18. The molecule has 1 aliphatic heterocycles. The summed E-state index contributed by atoms with van der Waals surface area (Å²) in [6.45, 7) is 2.85. The van der Waals surface area contributed by atoms with E-state index in [9.17, 15) is 4.79 Å². The van der Waals surface area contributed by atoms with Crippen molar-refractivity contribution >= 4 is 5.91 Å². The Hall–Kier alpha value is -1.59. The number of carbonyl (C=O) groups excluding carboxylic acids is 1. The molecule has 3 fully saturated rings. The van der Waals surface area contributed by atoms with Crippen LogP contribution in [0.3, 0.4) is 0 Å². The highest BCUT2D eigenvalue weighted by Gasteiger charge is 2.49. The monoisotopic (exact) mass is 357 g/mol. The van der Waals surface area contributed by atoms with Crippen LogP contribution in [0.15, 0.2) is 24.3 Å². The van der Waals surface area contributed by atoms with Gasteiger partial charge in [-0.2, -0.15) is 0 Å². The maximum Gasteiger partial charge on any atom is 0.225 e. The number of nitrogens with zero attached hydrogens (tertiary/aromatic N) is 1. The zero-order chi connectivity index (χ0) is 18.1. The predicted octanol–water partition coefficient (Wildman–Crippen LogP) is 2.32. The zero-order valence-electron chi connectivity index (χ0n) is 15.7. The molecule has 2 aliphatic carbocycles. The summed E-state index contributed by atoms with van der Waals surface area (Å²) in [6.07, 6.45) is 5.99. The van der Waals surface area contributed by atoms with Gasteiger partial charge in [-0.05, 0) is 74.7 Å². The van der Waals surface area contributed by atoms with Gasteiger partial charge >= 0.3 is 0 Å². The molecular weight excluding hydrogens is 326 g/mol. The van der Waals surface area contributed by atoms with Crippen LogP contribution < -0.4 is 15.8 Å². The highest BCUT2D eigenvalue weighted by Crippen LogP contribution is 2.47. The summed E-state index contributed by atoms with van der Waals surface area (Å²) >= 11 is 0. The number of hydrogen-bond donors (Lipinski definition) is 2. The summed E-state index contributed by atoms with van der Waals surface area (Å²) in [7, 11) is 1.69. The molecule has 0 spiro atoms. The van der Waals surface area contributed by atoms with Gasteiger partial charge in [0.1, 0.15) is 5.75 Å². The average molecular weight is 357 g/mol. The summed E-state index contributed by atoms with van der Waals surface area (Å²) in [6, 6.07) is 8.54. The van der Waals surface area contributed by atoms with Crippen molar-refractivity contribution in [2.75, 3.05) is 26.7 Å². The molecule has 1 aromatic rings. The second-order valence-electron chi connectivity index (χ2n) is 8.21. The smallest absolute Gasteiger partial charge is 0.225 e. The van der Waals surface area contributed by atoms with Gasteiger partial charge in [0.15, 0.2) is 0 Å². The number of rotatable bonds is 6. The van der Waals surface area contributed by atoms with Crippen molar-refractivity contribution in [1.82, 2.24) is 10.2 Å². The maximum absolute atomic E-state index is 12.9. The van der Waals surface area contributed by atoms with Gasteiger partial charge in [-0.25, -0.2) is 0 Å². The number of methoxy groups -OCH3 is 1. The van der Waals surface area contributed by atoms with E-state index in [0.29, 0.717) is 18.4 Å². The number of hydrogen-bond acceptors (Lipinski definition) is 4. The van der Waals surface area contributed by atoms with Gasteiger partial charge in [-0.15, -0.1) is 0 Å². The second-order valence-corrected chi connectivity index (χ2v) is 8.21. The molecule has 3 N–H and O–H groups in total. The van der Waals surface area contributed by atoms with Crippen LogP contribution in [0.4, 0.5) is 0 Å². The fourth-order valence-electron chi connectivity index (χ4n) is 5.38. The SMILES string of the molecule is COc1ccc(C(CNC(=O)C2C3CCC(C3)C2N)N2CCCC2)cc1. The van der Waals surface area contributed by atoms with Crippen molar-refractivity contribution in [3.05, 3.63) is 29.8 Å². The molecule has 26 heavy (non-hydrogen) atoms. The molecule has 4 rings (SSSR count). The topological polar surface area (TPSA) is 67.6 Å². The largest absolute Gasteiger partial charge is 0.497 e. The van der Waals surface area contributed by atoms with Crippen LogP contribution in [0.5, 0.6) is 5.75 Å². The summed E-state index contributed by atoms with van der Waals surface area (Å²) in [5.41, 5.74) is 7.59. The summed E-state index contributed by atoms with van der Waals surface area (Å²) in [5.74, 6) is 2.12. The first-order valence-electron chi connectivity index (χ1n) is 10.1. The summed E-state index contributed by atoms with van der Waals surface area (Å²) < 4.78 is 5.28. The van der Waals surface area contributed by atoms with Gasteiger partial charge in [0, 0.05) is 12.6 Å². The number of fused-ring (bicyclic) bond motifs is 2. The standard InChI is InChI=1S/C21H31N3O2/c1-26-17-8-6-14(7-9-17)18(24-10-2-3-11-24)13-23-21(25)19-15-4-5-16(12-15)20(19)22/h6-9,15-16,18-20H,2-5,10-13,22H2,1H3,(H,23,25). The number of likely N-dealkylation sites (tertiary alicyclic amines) is 1. The number of nitrogens with one attached hydrogen (secondary N) is 1. The van der Waals surface area contributed by atoms with Gasteiger partial charge in [-0.3, -0.25) is 9.69 Å². The third kappa shape index (κ3) is 3.35. The molecule has 5 unspecified atom stereocenters. The molecule has 142 valence electrons. The van der Waals surface area contributed by atoms with E-state index in [-0.39, 0.29) is 23.9 Å². The first-order valence-corrected chi connectivity index (χ1v) is 10.1. The van der Waals surface area contributed by atoms with Gasteiger partial charge < -0.3 is 15.8 Å². The Bertz CT molecular complexity index is 625. The predicted molar refractivity (Wildman–Crippen MR) is 102 cm³/mol. The first-order chi connectivity index (χ1) is 12.7. The van der Waals surface area contributed by atoms with Crippen molar-refractivity contribution in [2.45, 2.75) is 44.2 Å². The van der Waals surface area contributed by atoms with E-state index in [1.165, 1.54) is 31.2 Å². The van der Waals surface area contributed by atoms with Crippen molar-refractivity contribution in [1.29, 1.82) is 0 Å². The Labute approximate surface area is 156 Å². The van der Waals surface area contributed by atoms with Crippen LogP contribution in [0, 0.1) is 17.8 Å². The molecule has 1 aromatic carbocycles. The number of benzene rings is 1. The highest BCUT2D eigenvalue weighted by atomic mass is 16.5. The number of ether oxygens (including phenoxy) is 1. The third-order valence-electron chi connectivity index (χ3n) is 6.84. The first kappa shape index (κ1) is 17.8. The Morgan fingerprint density at radius 1 is 1.23 bits per heavy atom. The molecule has 2 saturated carbocycles. The van der Waals surface area contributed by atoms with Crippen LogP contribution in [-0.2, 0) is 4.79 Å². The van der Waals surface area contributed by atoms with Crippen LogP contribution in [0.2, 0.25) is 0 Å². The molecule has 0 radical (unpaired) electrons. The van der Waals surface area contributed by atoms with E-state index in [1.807, 2.05) is 12.1 Å². The van der Waals surface area contributed by atoms with Crippen molar-refractivity contribution in [3.63, 3.8) is 0 Å². The van der Waals surface area contributed by atoms with Crippen LogP contribution in [0.1, 0.15) is 43.7 Å². The van der Waals surface area contributed by atoms with E-state index < -0.39 is 0 Å². The fourth-order valence-corrected chi connectivity index (χ4v) is 5.38.